The number of hydrogen-bond acceptors (Lipinski definition) is 4. The van der Waals surface area contributed by atoms with Crippen LogP contribution in [0.15, 0.2) is 24.3 Å². The number of ether oxygens (including phenoxy) is 1. The van der Waals surface area contributed by atoms with Gasteiger partial charge in [0.25, 0.3) is 0 Å². The van der Waals surface area contributed by atoms with Crippen LogP contribution in [0.25, 0.3) is 22.3 Å². The van der Waals surface area contributed by atoms with Gasteiger partial charge in [-0.3, -0.25) is 0 Å². The van der Waals surface area contributed by atoms with Gasteiger partial charge in [0.05, 0.1) is 16.9 Å². The van der Waals surface area contributed by atoms with Crippen LogP contribution in [0.2, 0.25) is 0 Å². The lowest BCUT2D eigenvalue weighted by Gasteiger charge is -2.22. The monoisotopic (exact) mass is 351 g/mol. The topological polar surface area (TPSA) is 47.9 Å². The van der Waals surface area contributed by atoms with Crippen molar-refractivity contribution >= 4 is 11.0 Å². The van der Waals surface area contributed by atoms with E-state index in [1.165, 1.54) is 0 Å². The zero-order valence-electron chi connectivity index (χ0n) is 15.3. The van der Waals surface area contributed by atoms with Crippen LogP contribution in [0.5, 0.6) is 0 Å². The van der Waals surface area contributed by atoms with E-state index in [4.69, 9.17) is 14.7 Å². The van der Waals surface area contributed by atoms with Gasteiger partial charge in [-0.25, -0.2) is 19.3 Å². The highest BCUT2D eigenvalue weighted by Crippen LogP contribution is 2.33. The van der Waals surface area contributed by atoms with Crippen LogP contribution in [-0.2, 0) is 4.74 Å². The van der Waals surface area contributed by atoms with Crippen molar-refractivity contribution in [2.24, 2.45) is 0 Å². The van der Waals surface area contributed by atoms with Crippen molar-refractivity contribution in [3.05, 3.63) is 52.7 Å². The molecule has 0 N–H and O–H groups in total. The highest BCUT2D eigenvalue weighted by Gasteiger charge is 2.22. The van der Waals surface area contributed by atoms with Crippen molar-refractivity contribution in [3.8, 4) is 11.3 Å². The summed E-state index contributed by atoms with van der Waals surface area (Å²) in [7, 11) is 0. The van der Waals surface area contributed by atoms with Gasteiger partial charge in [0.15, 0.2) is 0 Å². The summed E-state index contributed by atoms with van der Waals surface area (Å²) < 4.78 is 20.2. The number of pyridine rings is 1. The lowest BCUT2D eigenvalue weighted by Crippen LogP contribution is -2.15. The van der Waals surface area contributed by atoms with Gasteiger partial charge in [0.1, 0.15) is 17.0 Å². The van der Waals surface area contributed by atoms with Gasteiger partial charge >= 0.3 is 0 Å². The molecule has 134 valence electrons. The van der Waals surface area contributed by atoms with E-state index >= 15 is 0 Å². The number of aryl methyl sites for hydroxylation is 3. The van der Waals surface area contributed by atoms with Crippen molar-refractivity contribution in [3.63, 3.8) is 0 Å². The van der Waals surface area contributed by atoms with Crippen LogP contribution in [0, 0.1) is 26.6 Å². The van der Waals surface area contributed by atoms with Crippen LogP contribution in [-0.4, -0.2) is 28.2 Å². The highest BCUT2D eigenvalue weighted by molar-refractivity contribution is 5.89. The van der Waals surface area contributed by atoms with Gasteiger partial charge in [0.2, 0.25) is 0 Å². The molecule has 0 amide bonds. The molecule has 0 saturated carbocycles. The van der Waals surface area contributed by atoms with E-state index in [-0.39, 0.29) is 5.82 Å². The van der Waals surface area contributed by atoms with Crippen molar-refractivity contribution in [2.45, 2.75) is 39.5 Å². The Morgan fingerprint density at radius 2 is 1.69 bits per heavy atom. The number of rotatable bonds is 2. The third-order valence-electron chi connectivity index (χ3n) is 5.10. The summed E-state index contributed by atoms with van der Waals surface area (Å²) in [6.07, 6.45) is 1.85. The molecule has 5 heteroatoms. The Bertz CT molecular complexity index is 981. The molecular formula is C21H22FN3O. The number of nitrogens with zero attached hydrogens (tertiary/aromatic N) is 3. The zero-order valence-corrected chi connectivity index (χ0v) is 15.3. The van der Waals surface area contributed by atoms with E-state index in [0.717, 1.165) is 54.2 Å². The quantitative estimate of drug-likeness (QED) is 0.674. The Morgan fingerprint density at radius 3 is 2.42 bits per heavy atom. The molecule has 1 saturated heterocycles. The third-order valence-corrected chi connectivity index (χ3v) is 5.10. The van der Waals surface area contributed by atoms with Crippen LogP contribution in [0.4, 0.5) is 4.39 Å². The molecule has 4 nitrogen and oxygen atoms in total. The second-order valence-electron chi connectivity index (χ2n) is 7.03. The Morgan fingerprint density at radius 1 is 0.962 bits per heavy atom. The number of aromatic nitrogens is 3. The molecule has 1 aliphatic rings. The first-order chi connectivity index (χ1) is 12.5. The van der Waals surface area contributed by atoms with Gasteiger partial charge in [-0.05, 0) is 57.4 Å². The summed E-state index contributed by atoms with van der Waals surface area (Å²) in [4.78, 5) is 14.3. The SMILES string of the molecule is Cc1ccc(-c2nc(C3CCOCC3)cc3nc(C)c(C)nc23)c(F)c1. The average molecular weight is 351 g/mol. The fraction of sp³-hybridized carbons (Fsp3) is 0.381. The molecule has 3 heterocycles. The van der Waals surface area contributed by atoms with Crippen LogP contribution >= 0.6 is 0 Å². The molecule has 1 fully saturated rings. The summed E-state index contributed by atoms with van der Waals surface area (Å²) in [6, 6.07) is 7.25. The maximum absolute atomic E-state index is 14.7. The normalized spacial score (nSPS) is 15.5. The molecule has 3 aromatic rings. The molecule has 0 spiro atoms. The Hall–Kier alpha value is -2.40. The van der Waals surface area contributed by atoms with Crippen molar-refractivity contribution in [1.82, 2.24) is 15.0 Å². The second-order valence-corrected chi connectivity index (χ2v) is 7.03. The summed E-state index contributed by atoms with van der Waals surface area (Å²) in [5, 5.41) is 0. The van der Waals surface area contributed by atoms with E-state index in [1.54, 1.807) is 12.1 Å². The minimum absolute atomic E-state index is 0.275. The van der Waals surface area contributed by atoms with Crippen molar-refractivity contribution in [1.29, 1.82) is 0 Å². The van der Waals surface area contributed by atoms with E-state index in [9.17, 15) is 4.39 Å². The molecular weight excluding hydrogens is 329 g/mol. The first kappa shape index (κ1) is 17.0. The van der Waals surface area contributed by atoms with Gasteiger partial charge in [-0.1, -0.05) is 6.07 Å². The molecule has 0 atom stereocenters. The predicted octanol–water partition coefficient (Wildman–Crippen LogP) is 4.65. The van der Waals surface area contributed by atoms with Crippen LogP contribution in [0.3, 0.4) is 0 Å². The number of benzene rings is 1. The van der Waals surface area contributed by atoms with Crippen molar-refractivity contribution < 1.29 is 9.13 Å². The number of hydrogen-bond donors (Lipinski definition) is 0. The molecule has 0 bridgehead atoms. The smallest absolute Gasteiger partial charge is 0.132 e. The fourth-order valence-electron chi connectivity index (χ4n) is 3.45. The molecule has 0 radical (unpaired) electrons. The van der Waals surface area contributed by atoms with Gasteiger partial charge in [-0.2, -0.15) is 0 Å². The zero-order chi connectivity index (χ0) is 18.3. The minimum Gasteiger partial charge on any atom is -0.381 e. The first-order valence-corrected chi connectivity index (χ1v) is 9.03. The van der Waals surface area contributed by atoms with Crippen LogP contribution < -0.4 is 0 Å². The summed E-state index contributed by atoms with van der Waals surface area (Å²) >= 11 is 0. The Balaban J connectivity index is 1.97. The van der Waals surface area contributed by atoms with Gasteiger partial charge in [-0.15, -0.1) is 0 Å². The summed E-state index contributed by atoms with van der Waals surface area (Å²) in [5.41, 5.74) is 6.06. The standard InChI is InChI=1S/C21H22FN3O/c1-12-4-5-16(17(22)10-12)20-21-19(23-13(2)14(3)24-21)11-18(25-20)15-6-8-26-9-7-15/h4-5,10-11,15H,6-9H2,1-3H3. The Labute approximate surface area is 152 Å². The van der Waals surface area contributed by atoms with Crippen LogP contribution in [0.1, 0.15) is 41.4 Å². The third kappa shape index (κ3) is 3.07. The van der Waals surface area contributed by atoms with Gasteiger partial charge in [0, 0.05) is 30.4 Å². The molecule has 2 aromatic heterocycles. The average Bonchev–Trinajstić information content (AvgIpc) is 2.63. The first-order valence-electron chi connectivity index (χ1n) is 9.03. The number of halogens is 1. The second kappa shape index (κ2) is 6.72. The van der Waals surface area contributed by atoms with E-state index in [0.29, 0.717) is 22.7 Å². The maximum Gasteiger partial charge on any atom is 0.132 e. The van der Waals surface area contributed by atoms with E-state index in [2.05, 4.69) is 4.98 Å². The molecule has 4 rings (SSSR count). The lowest BCUT2D eigenvalue weighted by molar-refractivity contribution is 0.0845. The molecule has 1 aliphatic heterocycles. The highest BCUT2D eigenvalue weighted by atomic mass is 19.1. The minimum atomic E-state index is -0.275. The maximum atomic E-state index is 14.7. The molecule has 0 unspecified atom stereocenters. The predicted molar refractivity (Wildman–Crippen MR) is 99.7 cm³/mol. The fourth-order valence-corrected chi connectivity index (χ4v) is 3.45. The largest absolute Gasteiger partial charge is 0.381 e. The lowest BCUT2D eigenvalue weighted by atomic mass is 9.94. The molecule has 1 aromatic carbocycles. The van der Waals surface area contributed by atoms with E-state index < -0.39 is 0 Å². The van der Waals surface area contributed by atoms with Crippen molar-refractivity contribution in [2.75, 3.05) is 13.2 Å². The number of fused-ring (bicyclic) bond motifs is 1. The molecule has 0 aliphatic carbocycles. The van der Waals surface area contributed by atoms with E-state index in [1.807, 2.05) is 32.9 Å². The summed E-state index contributed by atoms with van der Waals surface area (Å²) in [5.74, 6) is 0.0341. The van der Waals surface area contributed by atoms with Gasteiger partial charge < -0.3 is 4.74 Å². The summed E-state index contributed by atoms with van der Waals surface area (Å²) in [6.45, 7) is 7.21. The molecule has 26 heavy (non-hydrogen) atoms. The Kier molecular flexibility index (Phi) is 4.41.